The van der Waals surface area contributed by atoms with Crippen LogP contribution in [0.25, 0.3) is 11.3 Å². The van der Waals surface area contributed by atoms with E-state index < -0.39 is 24.1 Å². The average Bonchev–Trinajstić information content (AvgIpc) is 3.13. The summed E-state index contributed by atoms with van der Waals surface area (Å²) < 4.78 is 59.4. The molecule has 1 saturated heterocycles. The number of benzene rings is 2. The first-order valence-electron chi connectivity index (χ1n) is 12.5. The lowest BCUT2D eigenvalue weighted by molar-refractivity contribution is -0.0665. The Kier molecular flexibility index (Phi) is 7.06. The van der Waals surface area contributed by atoms with Crippen LogP contribution in [0.1, 0.15) is 29.8 Å². The van der Waals surface area contributed by atoms with Crippen molar-refractivity contribution in [2.45, 2.75) is 32.2 Å². The summed E-state index contributed by atoms with van der Waals surface area (Å²) in [7, 11) is 2.02. The first kappa shape index (κ1) is 26.7. The van der Waals surface area contributed by atoms with Gasteiger partial charge in [-0.3, -0.25) is 4.79 Å². The Morgan fingerprint density at radius 3 is 2.54 bits per heavy atom. The van der Waals surface area contributed by atoms with Crippen molar-refractivity contribution in [3.63, 3.8) is 0 Å². The lowest BCUT2D eigenvalue weighted by Crippen LogP contribution is -2.44. The molecule has 1 aromatic heterocycles. The molecule has 0 aliphatic carbocycles. The van der Waals surface area contributed by atoms with E-state index >= 15 is 0 Å². The van der Waals surface area contributed by atoms with Crippen molar-refractivity contribution in [3.05, 3.63) is 59.5 Å². The highest BCUT2D eigenvalue weighted by molar-refractivity contribution is 6.01. The first-order chi connectivity index (χ1) is 18.5. The van der Waals surface area contributed by atoms with Gasteiger partial charge in [0.05, 0.1) is 17.4 Å². The van der Waals surface area contributed by atoms with Crippen LogP contribution >= 0.6 is 0 Å². The molecule has 12 heteroatoms. The van der Waals surface area contributed by atoms with Gasteiger partial charge in [0.1, 0.15) is 11.4 Å². The first-order valence-corrected chi connectivity index (χ1v) is 12.5. The van der Waals surface area contributed by atoms with Gasteiger partial charge in [0, 0.05) is 43.0 Å². The van der Waals surface area contributed by atoms with Gasteiger partial charge in [-0.2, -0.15) is 4.39 Å². The van der Waals surface area contributed by atoms with Gasteiger partial charge in [-0.25, -0.2) is 23.1 Å². The molecule has 3 aromatic rings. The number of rotatable bonds is 7. The number of anilines is 3. The molecule has 8 nitrogen and oxygen atoms in total. The summed E-state index contributed by atoms with van der Waals surface area (Å²) in [6.45, 7) is 6.88. The zero-order chi connectivity index (χ0) is 27.9. The molecule has 2 aliphatic rings. The standard InChI is InChI=1S/C27H28F4N6O2/c1-27(2)18-6-4-15(12-17(18)25(38)35-27)22-19(28)14-32-26(34-22)33-20-13-16(37-10-8-36(3)9-11-37)5-7-21(20)39-24(31)23(29)30/h4-7,12-14,23-24H,8-11H2,1-3H3,(H,35,38)(H,32,33,34). The van der Waals surface area contributed by atoms with Gasteiger partial charge in [0.15, 0.2) is 5.82 Å². The number of piperazine rings is 1. The van der Waals surface area contributed by atoms with E-state index in [1.807, 2.05) is 20.9 Å². The number of carbonyl (C=O) groups excluding carboxylic acids is 1. The summed E-state index contributed by atoms with van der Waals surface area (Å²) in [6.07, 6.45) is -5.22. The summed E-state index contributed by atoms with van der Waals surface area (Å²) in [5.41, 5.74) is 1.84. The maximum atomic E-state index is 14.9. The minimum absolute atomic E-state index is 0.0653. The second-order valence-electron chi connectivity index (χ2n) is 10.1. The Morgan fingerprint density at radius 2 is 1.82 bits per heavy atom. The summed E-state index contributed by atoms with van der Waals surface area (Å²) in [4.78, 5) is 25.0. The van der Waals surface area contributed by atoms with Gasteiger partial charge < -0.3 is 25.2 Å². The molecule has 1 unspecified atom stereocenters. The second kappa shape index (κ2) is 10.3. The number of carbonyl (C=O) groups is 1. The van der Waals surface area contributed by atoms with Crippen LogP contribution in [0.4, 0.5) is 34.9 Å². The molecular formula is C27H28F4N6O2. The van der Waals surface area contributed by atoms with E-state index in [1.54, 1.807) is 30.3 Å². The molecule has 0 bridgehead atoms. The third kappa shape index (κ3) is 5.47. The predicted molar refractivity (Wildman–Crippen MR) is 139 cm³/mol. The van der Waals surface area contributed by atoms with Crippen LogP contribution in [0.15, 0.2) is 42.6 Å². The molecule has 1 atom stereocenters. The average molecular weight is 545 g/mol. The number of hydrogen-bond donors (Lipinski definition) is 2. The molecule has 1 fully saturated rings. The van der Waals surface area contributed by atoms with Crippen molar-refractivity contribution >= 4 is 23.2 Å². The Hall–Kier alpha value is -3.93. The number of amides is 1. The minimum Gasteiger partial charge on any atom is -0.452 e. The van der Waals surface area contributed by atoms with Gasteiger partial charge in [0.2, 0.25) is 5.95 Å². The zero-order valence-corrected chi connectivity index (χ0v) is 21.6. The highest BCUT2D eigenvalue weighted by atomic mass is 19.3. The van der Waals surface area contributed by atoms with E-state index in [9.17, 15) is 22.4 Å². The molecular weight excluding hydrogens is 516 g/mol. The lowest BCUT2D eigenvalue weighted by atomic mass is 9.93. The number of nitrogens with zero attached hydrogens (tertiary/aromatic N) is 4. The van der Waals surface area contributed by atoms with Crippen molar-refractivity contribution in [1.29, 1.82) is 0 Å². The quantitative estimate of drug-likeness (QED) is 0.418. The van der Waals surface area contributed by atoms with Crippen molar-refractivity contribution in [1.82, 2.24) is 20.2 Å². The number of aromatic nitrogens is 2. The Morgan fingerprint density at radius 1 is 1.08 bits per heavy atom. The summed E-state index contributed by atoms with van der Waals surface area (Å²) in [6, 6.07) is 9.66. The fourth-order valence-electron chi connectivity index (χ4n) is 4.75. The van der Waals surface area contributed by atoms with Crippen LogP contribution in [0.3, 0.4) is 0 Å². The van der Waals surface area contributed by atoms with Gasteiger partial charge in [-0.05, 0) is 50.7 Å². The van der Waals surface area contributed by atoms with Crippen molar-refractivity contribution in [3.8, 4) is 17.0 Å². The second-order valence-corrected chi connectivity index (χ2v) is 10.1. The summed E-state index contributed by atoms with van der Waals surface area (Å²) >= 11 is 0. The molecule has 0 saturated carbocycles. The van der Waals surface area contributed by atoms with Crippen LogP contribution in [0.2, 0.25) is 0 Å². The van der Waals surface area contributed by atoms with E-state index in [0.29, 0.717) is 11.1 Å². The summed E-state index contributed by atoms with van der Waals surface area (Å²) in [5, 5.41) is 5.75. The highest BCUT2D eigenvalue weighted by Crippen LogP contribution is 2.36. The normalized spacial score (nSPS) is 17.6. The van der Waals surface area contributed by atoms with Crippen LogP contribution in [0.5, 0.6) is 5.75 Å². The lowest BCUT2D eigenvalue weighted by Gasteiger charge is -2.34. The van der Waals surface area contributed by atoms with Crippen LogP contribution in [0, 0.1) is 5.82 Å². The minimum atomic E-state index is -3.34. The van der Waals surface area contributed by atoms with Crippen LogP contribution in [-0.2, 0) is 5.54 Å². The molecule has 0 spiro atoms. The number of halogens is 4. The Balaban J connectivity index is 1.48. The fraction of sp³-hybridized carbons (Fsp3) is 0.370. The molecule has 2 N–H and O–H groups in total. The third-order valence-corrected chi connectivity index (χ3v) is 6.90. The Labute approximate surface area is 223 Å². The topological polar surface area (TPSA) is 82.6 Å². The molecule has 3 heterocycles. The number of nitrogens with one attached hydrogen (secondary N) is 2. The van der Waals surface area contributed by atoms with Gasteiger partial charge in [-0.15, -0.1) is 0 Å². The fourth-order valence-corrected chi connectivity index (χ4v) is 4.75. The molecule has 2 aromatic carbocycles. The highest BCUT2D eigenvalue weighted by Gasteiger charge is 2.35. The largest absolute Gasteiger partial charge is 0.452 e. The SMILES string of the molecule is CN1CCN(c2ccc(OC(F)C(F)F)c(Nc3ncc(F)c(-c4ccc5c(c4)C(=O)NC5(C)C)n3)c2)CC1. The summed E-state index contributed by atoms with van der Waals surface area (Å²) in [5.74, 6) is -1.23. The van der Waals surface area contributed by atoms with Crippen LogP contribution in [-0.4, -0.2) is 66.8 Å². The van der Waals surface area contributed by atoms with E-state index in [0.717, 1.165) is 43.6 Å². The van der Waals surface area contributed by atoms with E-state index in [4.69, 9.17) is 4.74 Å². The predicted octanol–water partition coefficient (Wildman–Crippen LogP) is 4.70. The van der Waals surface area contributed by atoms with Gasteiger partial charge in [0.25, 0.3) is 12.3 Å². The number of alkyl halides is 3. The molecule has 206 valence electrons. The molecule has 5 rings (SSSR count). The van der Waals surface area contributed by atoms with Crippen molar-refractivity contribution in [2.75, 3.05) is 43.4 Å². The molecule has 0 radical (unpaired) electrons. The molecule has 1 amide bonds. The number of fused-ring (bicyclic) bond motifs is 1. The molecule has 39 heavy (non-hydrogen) atoms. The van der Waals surface area contributed by atoms with Gasteiger partial charge in [-0.1, -0.05) is 12.1 Å². The van der Waals surface area contributed by atoms with E-state index in [1.165, 1.54) is 6.07 Å². The molecule has 2 aliphatic heterocycles. The van der Waals surface area contributed by atoms with E-state index in [2.05, 4.69) is 30.4 Å². The smallest absolute Gasteiger partial charge is 0.304 e. The van der Waals surface area contributed by atoms with Crippen molar-refractivity contribution in [2.24, 2.45) is 0 Å². The van der Waals surface area contributed by atoms with E-state index in [-0.39, 0.29) is 29.0 Å². The van der Waals surface area contributed by atoms with Crippen molar-refractivity contribution < 1.29 is 27.1 Å². The monoisotopic (exact) mass is 544 g/mol. The number of hydrogen-bond acceptors (Lipinski definition) is 7. The number of likely N-dealkylation sites (N-methyl/N-ethyl adjacent to an activating group) is 1. The van der Waals surface area contributed by atoms with Gasteiger partial charge >= 0.3 is 6.43 Å². The third-order valence-electron chi connectivity index (χ3n) is 6.90. The Bertz CT molecular complexity index is 1390. The maximum Gasteiger partial charge on any atom is 0.304 e. The zero-order valence-electron chi connectivity index (χ0n) is 21.6. The number of ether oxygens (including phenoxy) is 1. The maximum absolute atomic E-state index is 14.9. The van der Waals surface area contributed by atoms with Crippen LogP contribution < -0.4 is 20.3 Å².